The lowest BCUT2D eigenvalue weighted by atomic mass is 10.4. The highest BCUT2D eigenvalue weighted by molar-refractivity contribution is 5.38. The summed E-state index contributed by atoms with van der Waals surface area (Å²) in [4.78, 5) is 11.2. The van der Waals surface area contributed by atoms with Gasteiger partial charge in [0.1, 0.15) is 0 Å². The molecular weight excluding hydrogens is 154 g/mol. The molecule has 0 spiro atoms. The second kappa shape index (κ2) is 3.90. The summed E-state index contributed by atoms with van der Waals surface area (Å²) in [5, 5.41) is 6.98. The van der Waals surface area contributed by atoms with E-state index in [9.17, 15) is 4.79 Å². The number of hydrogen-bond acceptors (Lipinski definition) is 3. The van der Waals surface area contributed by atoms with E-state index in [2.05, 4.69) is 10.4 Å². The van der Waals surface area contributed by atoms with Crippen LogP contribution >= 0.6 is 0 Å². The number of aryl methyl sites for hydroxylation is 1. The summed E-state index contributed by atoms with van der Waals surface area (Å²) in [7, 11) is 0. The fraction of sp³-hybridized carbons (Fsp3) is 0.500. The van der Waals surface area contributed by atoms with Crippen LogP contribution in [0.25, 0.3) is 0 Å². The maximum Gasteiger partial charge on any atom is 0.268 e. The molecule has 1 N–H and O–H groups in total. The minimum atomic E-state index is -0.0593. The van der Waals surface area contributed by atoms with Gasteiger partial charge in [0.15, 0.2) is 0 Å². The molecule has 0 aliphatic carbocycles. The molecule has 0 saturated carbocycles. The second-order valence-electron chi connectivity index (χ2n) is 2.43. The van der Waals surface area contributed by atoms with E-state index in [1.807, 2.05) is 13.8 Å². The van der Waals surface area contributed by atoms with Crippen LogP contribution in [-0.4, -0.2) is 16.3 Å². The number of aromatic nitrogens is 2. The molecule has 1 aromatic rings. The first-order chi connectivity index (χ1) is 5.77. The average Bonchev–Trinajstić information content (AvgIpc) is 2.05. The van der Waals surface area contributed by atoms with Gasteiger partial charge in [0.25, 0.3) is 5.56 Å². The zero-order valence-corrected chi connectivity index (χ0v) is 7.37. The van der Waals surface area contributed by atoms with Crippen LogP contribution in [0.3, 0.4) is 0 Å². The van der Waals surface area contributed by atoms with E-state index < -0.39 is 0 Å². The fourth-order valence-corrected chi connectivity index (χ4v) is 0.972. The predicted octanol–water partition coefficient (Wildman–Crippen LogP) is 0.695. The van der Waals surface area contributed by atoms with Crippen LogP contribution in [0, 0.1) is 0 Å². The highest BCUT2D eigenvalue weighted by atomic mass is 16.1. The van der Waals surface area contributed by atoms with E-state index in [0.29, 0.717) is 6.54 Å². The SMILES string of the molecule is CCNc1cnn(CC)c(=O)c1. The summed E-state index contributed by atoms with van der Waals surface area (Å²) in [6, 6.07) is 1.56. The van der Waals surface area contributed by atoms with E-state index in [4.69, 9.17) is 0 Å². The van der Waals surface area contributed by atoms with Crippen LogP contribution < -0.4 is 10.9 Å². The number of hydrogen-bond donors (Lipinski definition) is 1. The van der Waals surface area contributed by atoms with Crippen molar-refractivity contribution in [3.63, 3.8) is 0 Å². The van der Waals surface area contributed by atoms with Crippen molar-refractivity contribution < 1.29 is 0 Å². The van der Waals surface area contributed by atoms with Crippen molar-refractivity contribution in [2.75, 3.05) is 11.9 Å². The van der Waals surface area contributed by atoms with Crippen molar-refractivity contribution in [2.45, 2.75) is 20.4 Å². The quantitative estimate of drug-likeness (QED) is 0.720. The molecule has 1 heterocycles. The van der Waals surface area contributed by atoms with Crippen LogP contribution in [-0.2, 0) is 6.54 Å². The van der Waals surface area contributed by atoms with Gasteiger partial charge in [0, 0.05) is 19.2 Å². The zero-order chi connectivity index (χ0) is 8.97. The molecule has 12 heavy (non-hydrogen) atoms. The summed E-state index contributed by atoms with van der Waals surface area (Å²) in [5.41, 5.74) is 0.725. The molecule has 0 bridgehead atoms. The maximum atomic E-state index is 11.2. The van der Waals surface area contributed by atoms with Gasteiger partial charge in [-0.05, 0) is 13.8 Å². The van der Waals surface area contributed by atoms with Gasteiger partial charge in [-0.2, -0.15) is 5.10 Å². The lowest BCUT2D eigenvalue weighted by Crippen LogP contribution is -2.21. The van der Waals surface area contributed by atoms with E-state index in [-0.39, 0.29) is 5.56 Å². The minimum absolute atomic E-state index is 0.0593. The van der Waals surface area contributed by atoms with Crippen LogP contribution in [0.2, 0.25) is 0 Å². The number of anilines is 1. The van der Waals surface area contributed by atoms with Crippen molar-refractivity contribution in [1.82, 2.24) is 9.78 Å². The Morgan fingerprint density at radius 3 is 2.83 bits per heavy atom. The topological polar surface area (TPSA) is 46.9 Å². The van der Waals surface area contributed by atoms with Gasteiger partial charge in [-0.25, -0.2) is 4.68 Å². The van der Waals surface area contributed by atoms with E-state index in [0.717, 1.165) is 12.2 Å². The van der Waals surface area contributed by atoms with E-state index >= 15 is 0 Å². The highest BCUT2D eigenvalue weighted by Crippen LogP contribution is 1.97. The molecule has 4 heteroatoms. The van der Waals surface area contributed by atoms with Gasteiger partial charge in [-0.1, -0.05) is 0 Å². The van der Waals surface area contributed by atoms with Gasteiger partial charge in [0.2, 0.25) is 0 Å². The molecule has 0 amide bonds. The summed E-state index contributed by atoms with van der Waals surface area (Å²) in [6.07, 6.45) is 1.66. The average molecular weight is 167 g/mol. The molecule has 0 unspecified atom stereocenters. The Labute approximate surface area is 71.2 Å². The molecule has 66 valence electrons. The number of nitrogens with zero attached hydrogens (tertiary/aromatic N) is 2. The summed E-state index contributed by atoms with van der Waals surface area (Å²) >= 11 is 0. The highest BCUT2D eigenvalue weighted by Gasteiger charge is 1.95. The van der Waals surface area contributed by atoms with Crippen molar-refractivity contribution in [3.8, 4) is 0 Å². The molecular formula is C8H13N3O. The molecule has 0 radical (unpaired) electrons. The monoisotopic (exact) mass is 167 g/mol. The molecule has 0 fully saturated rings. The first-order valence-corrected chi connectivity index (χ1v) is 4.09. The maximum absolute atomic E-state index is 11.2. The largest absolute Gasteiger partial charge is 0.384 e. The lowest BCUT2D eigenvalue weighted by Gasteiger charge is -2.03. The lowest BCUT2D eigenvalue weighted by molar-refractivity contribution is 0.616. The van der Waals surface area contributed by atoms with Crippen LogP contribution in [0.4, 0.5) is 5.69 Å². The van der Waals surface area contributed by atoms with Crippen LogP contribution in [0.1, 0.15) is 13.8 Å². The van der Waals surface area contributed by atoms with Crippen LogP contribution in [0.15, 0.2) is 17.1 Å². The van der Waals surface area contributed by atoms with Gasteiger partial charge >= 0.3 is 0 Å². The third-order valence-corrected chi connectivity index (χ3v) is 1.55. The van der Waals surface area contributed by atoms with Gasteiger partial charge in [-0.3, -0.25) is 4.79 Å². The smallest absolute Gasteiger partial charge is 0.268 e. The van der Waals surface area contributed by atoms with Gasteiger partial charge in [0.05, 0.1) is 11.9 Å². The second-order valence-corrected chi connectivity index (χ2v) is 2.43. The minimum Gasteiger partial charge on any atom is -0.384 e. The van der Waals surface area contributed by atoms with Gasteiger partial charge in [-0.15, -0.1) is 0 Å². The molecule has 4 nitrogen and oxygen atoms in total. The Bertz CT molecular complexity index is 305. The molecule has 0 aliphatic rings. The first-order valence-electron chi connectivity index (χ1n) is 4.09. The first kappa shape index (κ1) is 8.77. The molecule has 0 aliphatic heterocycles. The normalized spacial score (nSPS) is 9.83. The van der Waals surface area contributed by atoms with Crippen molar-refractivity contribution >= 4 is 5.69 Å². The molecule has 0 aromatic carbocycles. The Hall–Kier alpha value is -1.32. The molecule has 0 saturated heterocycles. The third-order valence-electron chi connectivity index (χ3n) is 1.55. The third kappa shape index (κ3) is 1.84. The molecule has 1 aromatic heterocycles. The standard InChI is InChI=1S/C8H13N3O/c1-3-9-7-5-8(12)11(4-2)10-6-7/h5-6,9H,3-4H2,1-2H3. The zero-order valence-electron chi connectivity index (χ0n) is 7.37. The number of rotatable bonds is 3. The van der Waals surface area contributed by atoms with Gasteiger partial charge < -0.3 is 5.32 Å². The summed E-state index contributed by atoms with van der Waals surface area (Å²) in [6.45, 7) is 5.29. The van der Waals surface area contributed by atoms with E-state index in [1.165, 1.54) is 4.68 Å². The Kier molecular flexibility index (Phi) is 2.85. The fourth-order valence-electron chi connectivity index (χ4n) is 0.972. The Balaban J connectivity index is 2.94. The van der Waals surface area contributed by atoms with Crippen molar-refractivity contribution in [2.24, 2.45) is 0 Å². The summed E-state index contributed by atoms with van der Waals surface area (Å²) < 4.78 is 1.42. The van der Waals surface area contributed by atoms with Crippen LogP contribution in [0.5, 0.6) is 0 Å². The predicted molar refractivity (Wildman–Crippen MR) is 48.3 cm³/mol. The number of nitrogens with one attached hydrogen (secondary N) is 1. The Morgan fingerprint density at radius 1 is 1.58 bits per heavy atom. The summed E-state index contributed by atoms with van der Waals surface area (Å²) in [5.74, 6) is 0. The molecule has 1 rings (SSSR count). The van der Waals surface area contributed by atoms with Crippen molar-refractivity contribution in [3.05, 3.63) is 22.6 Å². The molecule has 0 atom stereocenters. The Morgan fingerprint density at radius 2 is 2.33 bits per heavy atom. The van der Waals surface area contributed by atoms with E-state index in [1.54, 1.807) is 12.3 Å². The van der Waals surface area contributed by atoms with Crippen molar-refractivity contribution in [1.29, 1.82) is 0 Å².